The van der Waals surface area contributed by atoms with Crippen LogP contribution in [0.3, 0.4) is 0 Å². The van der Waals surface area contributed by atoms with E-state index in [1.54, 1.807) is 12.1 Å². The van der Waals surface area contributed by atoms with Crippen LogP contribution in [-0.4, -0.2) is 23.7 Å². The van der Waals surface area contributed by atoms with E-state index < -0.39 is 5.97 Å². The van der Waals surface area contributed by atoms with Crippen molar-refractivity contribution >= 4 is 33.3 Å². The Hall–Kier alpha value is -1.23. The van der Waals surface area contributed by atoms with Crippen molar-refractivity contribution in [1.82, 2.24) is 0 Å². The molecule has 5 heteroatoms. The van der Waals surface area contributed by atoms with E-state index in [0.29, 0.717) is 12.0 Å². The first kappa shape index (κ1) is 13.2. The van der Waals surface area contributed by atoms with Gasteiger partial charge in [0.05, 0.1) is 11.3 Å². The van der Waals surface area contributed by atoms with Gasteiger partial charge in [-0.2, -0.15) is 0 Å². The lowest BCUT2D eigenvalue weighted by atomic mass is 10.1. The van der Waals surface area contributed by atoms with Crippen LogP contribution < -0.4 is 10.6 Å². The minimum Gasteiger partial charge on any atom is -0.478 e. The van der Waals surface area contributed by atoms with Crippen LogP contribution in [0.25, 0.3) is 0 Å². The minimum absolute atomic E-state index is 0.167. The number of carboxylic acid groups (broad SMARTS) is 1. The third kappa shape index (κ3) is 2.32. The van der Waals surface area contributed by atoms with Crippen LogP contribution >= 0.6 is 15.9 Å². The zero-order valence-electron chi connectivity index (χ0n) is 10.5. The lowest BCUT2D eigenvalue weighted by Gasteiger charge is -2.26. The van der Waals surface area contributed by atoms with Crippen molar-refractivity contribution < 1.29 is 9.90 Å². The first-order valence-electron chi connectivity index (χ1n) is 5.99. The van der Waals surface area contributed by atoms with Crippen LogP contribution in [0, 0.1) is 5.92 Å². The molecular formula is C13H17BrN2O2. The monoisotopic (exact) mass is 312 g/mol. The minimum atomic E-state index is -0.985. The van der Waals surface area contributed by atoms with E-state index >= 15 is 0 Å². The fraction of sp³-hybridized carbons (Fsp3) is 0.462. The molecule has 4 nitrogen and oxygen atoms in total. The van der Waals surface area contributed by atoms with Gasteiger partial charge in [0.2, 0.25) is 0 Å². The number of carboxylic acids is 1. The number of nitrogens with zero attached hydrogens (tertiary/aromatic N) is 1. The second-order valence-electron chi connectivity index (χ2n) is 5.04. The van der Waals surface area contributed by atoms with Gasteiger partial charge >= 0.3 is 5.97 Å². The second-order valence-corrected chi connectivity index (χ2v) is 5.89. The van der Waals surface area contributed by atoms with Gasteiger partial charge in [0.1, 0.15) is 0 Å². The molecule has 0 aliphatic carbocycles. The number of carbonyl (C=O) groups is 1. The summed E-state index contributed by atoms with van der Waals surface area (Å²) in [6, 6.07) is 3.76. The Morgan fingerprint density at radius 3 is 2.67 bits per heavy atom. The van der Waals surface area contributed by atoms with Crippen LogP contribution in [-0.2, 0) is 0 Å². The zero-order chi connectivity index (χ0) is 13.4. The number of rotatable bonds is 2. The molecule has 1 heterocycles. The quantitative estimate of drug-likeness (QED) is 0.824. The summed E-state index contributed by atoms with van der Waals surface area (Å²) in [5.74, 6) is -0.362. The van der Waals surface area contributed by atoms with Crippen LogP contribution in [0.5, 0.6) is 0 Å². The van der Waals surface area contributed by atoms with Crippen molar-refractivity contribution in [1.29, 1.82) is 0 Å². The maximum atomic E-state index is 11.1. The Morgan fingerprint density at radius 1 is 1.50 bits per heavy atom. The molecule has 1 aliphatic rings. The summed E-state index contributed by atoms with van der Waals surface area (Å²) < 4.78 is 0.853. The number of aromatic carboxylic acids is 1. The molecule has 1 fully saturated rings. The van der Waals surface area contributed by atoms with Crippen LogP contribution in [0.4, 0.5) is 11.4 Å². The van der Waals surface area contributed by atoms with E-state index in [-0.39, 0.29) is 11.3 Å². The van der Waals surface area contributed by atoms with Gasteiger partial charge in [0, 0.05) is 22.7 Å². The number of nitrogen functional groups attached to an aromatic ring is 1. The highest BCUT2D eigenvalue weighted by atomic mass is 79.9. The molecule has 2 rings (SSSR count). The van der Waals surface area contributed by atoms with E-state index in [0.717, 1.165) is 23.1 Å². The van der Waals surface area contributed by atoms with Crippen LogP contribution in [0.1, 0.15) is 30.6 Å². The largest absolute Gasteiger partial charge is 0.478 e. The highest BCUT2D eigenvalue weighted by Gasteiger charge is 2.28. The first-order valence-corrected chi connectivity index (χ1v) is 6.78. The Morgan fingerprint density at radius 2 is 2.17 bits per heavy atom. The van der Waals surface area contributed by atoms with Crippen molar-refractivity contribution in [2.75, 3.05) is 17.2 Å². The molecule has 0 amide bonds. The van der Waals surface area contributed by atoms with Crippen molar-refractivity contribution in [3.05, 3.63) is 22.2 Å². The van der Waals surface area contributed by atoms with Gasteiger partial charge in [-0.15, -0.1) is 0 Å². The SMILES string of the molecule is CC1CC(C)N(c2cc(C(=O)O)c(N)cc2Br)C1. The molecule has 3 N–H and O–H groups in total. The molecule has 1 aliphatic heterocycles. The van der Waals surface area contributed by atoms with Gasteiger partial charge in [-0.25, -0.2) is 4.79 Å². The molecule has 1 saturated heterocycles. The van der Waals surface area contributed by atoms with Gasteiger partial charge in [-0.3, -0.25) is 0 Å². The van der Waals surface area contributed by atoms with Crippen molar-refractivity contribution in [3.63, 3.8) is 0 Å². The van der Waals surface area contributed by atoms with E-state index in [4.69, 9.17) is 10.8 Å². The summed E-state index contributed by atoms with van der Waals surface area (Å²) in [7, 11) is 0. The van der Waals surface area contributed by atoms with E-state index in [2.05, 4.69) is 34.7 Å². The molecule has 0 bridgehead atoms. The van der Waals surface area contributed by atoms with Crippen molar-refractivity contribution in [2.45, 2.75) is 26.3 Å². The van der Waals surface area contributed by atoms with Gasteiger partial charge in [0.25, 0.3) is 0 Å². The van der Waals surface area contributed by atoms with Crippen LogP contribution in [0.15, 0.2) is 16.6 Å². The summed E-state index contributed by atoms with van der Waals surface area (Å²) in [4.78, 5) is 13.4. The highest BCUT2D eigenvalue weighted by Crippen LogP contribution is 2.36. The highest BCUT2D eigenvalue weighted by molar-refractivity contribution is 9.10. The number of hydrogen-bond donors (Lipinski definition) is 2. The maximum Gasteiger partial charge on any atom is 0.337 e. The molecule has 1 aromatic carbocycles. The third-order valence-electron chi connectivity index (χ3n) is 3.44. The Kier molecular flexibility index (Phi) is 3.52. The molecule has 98 valence electrons. The topological polar surface area (TPSA) is 66.6 Å². The fourth-order valence-corrected chi connectivity index (χ4v) is 3.21. The summed E-state index contributed by atoms with van der Waals surface area (Å²) in [6.45, 7) is 5.31. The molecule has 18 heavy (non-hydrogen) atoms. The Labute approximate surface area is 115 Å². The Bertz CT molecular complexity index is 490. The molecule has 2 unspecified atom stereocenters. The number of nitrogens with two attached hydrogens (primary N) is 1. The van der Waals surface area contributed by atoms with Gasteiger partial charge in [-0.1, -0.05) is 6.92 Å². The van der Waals surface area contributed by atoms with E-state index in [1.807, 2.05) is 0 Å². The first-order chi connectivity index (χ1) is 8.40. The summed E-state index contributed by atoms with van der Waals surface area (Å²) in [5.41, 5.74) is 7.09. The number of anilines is 2. The van der Waals surface area contributed by atoms with Crippen molar-refractivity contribution in [3.8, 4) is 0 Å². The van der Waals surface area contributed by atoms with Gasteiger partial charge < -0.3 is 15.7 Å². The van der Waals surface area contributed by atoms with E-state index in [1.165, 1.54) is 0 Å². The fourth-order valence-electron chi connectivity index (χ4n) is 2.62. The number of halogens is 1. The van der Waals surface area contributed by atoms with E-state index in [9.17, 15) is 4.79 Å². The van der Waals surface area contributed by atoms with Gasteiger partial charge in [0.15, 0.2) is 0 Å². The lowest BCUT2D eigenvalue weighted by molar-refractivity contribution is 0.0698. The van der Waals surface area contributed by atoms with Crippen LogP contribution in [0.2, 0.25) is 0 Å². The average Bonchev–Trinajstić information content (AvgIpc) is 2.57. The summed E-state index contributed by atoms with van der Waals surface area (Å²) >= 11 is 3.47. The zero-order valence-corrected chi connectivity index (χ0v) is 12.1. The van der Waals surface area contributed by atoms with Crippen molar-refractivity contribution in [2.24, 2.45) is 5.92 Å². The predicted octanol–water partition coefficient (Wildman–Crippen LogP) is 2.96. The predicted molar refractivity (Wildman–Crippen MR) is 76.1 cm³/mol. The summed E-state index contributed by atoms with van der Waals surface area (Å²) in [5, 5.41) is 9.13. The molecule has 0 aromatic heterocycles. The maximum absolute atomic E-state index is 11.1. The smallest absolute Gasteiger partial charge is 0.337 e. The molecule has 0 radical (unpaired) electrons. The standard InChI is InChI=1S/C13H17BrN2O2/c1-7-3-8(2)16(6-7)12-4-9(13(17)18)11(15)5-10(12)14/h4-5,7-8H,3,6,15H2,1-2H3,(H,17,18). The lowest BCUT2D eigenvalue weighted by Crippen LogP contribution is -2.27. The molecule has 2 atom stereocenters. The second kappa shape index (κ2) is 4.80. The average molecular weight is 313 g/mol. The molecular weight excluding hydrogens is 296 g/mol. The normalized spacial score (nSPS) is 23.4. The number of hydrogen-bond acceptors (Lipinski definition) is 3. The molecule has 0 saturated carbocycles. The molecule has 0 spiro atoms. The summed E-state index contributed by atoms with van der Waals surface area (Å²) in [6.07, 6.45) is 1.12. The van der Waals surface area contributed by atoms with Gasteiger partial charge in [-0.05, 0) is 47.3 Å². The molecule has 1 aromatic rings. The third-order valence-corrected chi connectivity index (χ3v) is 4.08. The Balaban J connectivity index is 2.44. The number of benzene rings is 1.